The van der Waals surface area contributed by atoms with E-state index in [0.29, 0.717) is 8.87 Å². The Labute approximate surface area is 131 Å². The van der Waals surface area contributed by atoms with Crippen molar-refractivity contribution in [1.82, 2.24) is 0 Å². The fraction of sp³-hybridized carbons (Fsp3) is 0.667. The summed E-state index contributed by atoms with van der Waals surface area (Å²) in [6, 6.07) is 0. The third kappa shape index (κ3) is 10.1. The summed E-state index contributed by atoms with van der Waals surface area (Å²) in [5, 5.41) is 34.9. The van der Waals surface area contributed by atoms with Crippen LogP contribution in [0.15, 0.2) is 0 Å². The first kappa shape index (κ1) is 19.7. The van der Waals surface area contributed by atoms with Crippen molar-refractivity contribution in [2.75, 3.05) is 0 Å². The first-order valence-corrected chi connectivity index (χ1v) is 10.4. The maximum atomic E-state index is 10.8. The van der Waals surface area contributed by atoms with Crippen molar-refractivity contribution in [2.24, 2.45) is 11.8 Å². The van der Waals surface area contributed by atoms with Gasteiger partial charge in [-0.05, 0) is 0 Å². The molecule has 2 unspecified atom stereocenters. The van der Waals surface area contributed by atoms with Crippen LogP contribution in [-0.4, -0.2) is 65.4 Å². The normalized spacial score (nSPS) is 13.3. The molecule has 21 heavy (non-hydrogen) atoms. The third-order valence-electron chi connectivity index (χ3n) is 2.88. The van der Waals surface area contributed by atoms with E-state index in [9.17, 15) is 19.2 Å². The van der Waals surface area contributed by atoms with Crippen molar-refractivity contribution >= 4 is 45.0 Å². The summed E-state index contributed by atoms with van der Waals surface area (Å²) in [5.74, 6) is -6.38. The quantitative estimate of drug-likeness (QED) is 0.271. The van der Waals surface area contributed by atoms with Crippen LogP contribution in [0.5, 0.6) is 0 Å². The second-order valence-electron chi connectivity index (χ2n) is 4.59. The minimum atomic E-state index is -1.15. The molecule has 9 heteroatoms. The Bertz CT molecular complexity index is 359. The van der Waals surface area contributed by atoms with E-state index in [4.69, 9.17) is 20.4 Å². The van der Waals surface area contributed by atoms with Crippen LogP contribution in [0, 0.1) is 11.8 Å². The maximum absolute atomic E-state index is 10.8. The number of carboxylic acids is 4. The van der Waals surface area contributed by atoms with Crippen LogP contribution >= 0.6 is 0 Å². The van der Waals surface area contributed by atoms with Gasteiger partial charge in [-0.3, -0.25) is 0 Å². The average Bonchev–Trinajstić information content (AvgIpc) is 2.34. The van der Waals surface area contributed by atoms with Crippen molar-refractivity contribution in [2.45, 2.75) is 34.6 Å². The molecule has 0 heterocycles. The zero-order chi connectivity index (χ0) is 16.4. The first-order valence-electron chi connectivity index (χ1n) is 6.34. The first-order chi connectivity index (χ1) is 9.73. The van der Waals surface area contributed by atoms with E-state index in [1.165, 1.54) is 0 Å². The monoisotopic (exact) mass is 410 g/mol. The number of hydrogen-bond acceptors (Lipinski definition) is 4. The molecule has 118 valence electrons. The van der Waals surface area contributed by atoms with Gasteiger partial charge in [0.25, 0.3) is 0 Å². The third-order valence-corrected chi connectivity index (χ3v) is 6.55. The van der Waals surface area contributed by atoms with Crippen LogP contribution in [0.3, 0.4) is 0 Å². The molecule has 0 amide bonds. The van der Waals surface area contributed by atoms with Gasteiger partial charge in [-0.1, -0.05) is 0 Å². The molecule has 2 atom stereocenters. The summed E-state index contributed by atoms with van der Waals surface area (Å²) >= 11 is -0.999. The van der Waals surface area contributed by atoms with E-state index in [0.717, 1.165) is 0 Å². The summed E-state index contributed by atoms with van der Waals surface area (Å²) in [5.41, 5.74) is 0. The molecule has 0 saturated heterocycles. The van der Waals surface area contributed by atoms with Crippen molar-refractivity contribution < 1.29 is 39.6 Å². The Balaban J connectivity index is 4.01. The fourth-order valence-corrected chi connectivity index (χ4v) is 5.59. The van der Waals surface area contributed by atoms with E-state index in [1.807, 2.05) is 0 Å². The molecule has 0 fully saturated rings. The van der Waals surface area contributed by atoms with Gasteiger partial charge in [-0.15, -0.1) is 0 Å². The molecular formula is C12H18O8Sn. The van der Waals surface area contributed by atoms with Crippen molar-refractivity contribution in [3.8, 4) is 0 Å². The standard InChI is InChI=1S/2C6H9O4.Sn/c2*1-2-4(6(9)10)3-5(7)8;/h2*4H,1-3H2,(H,7,8)(H,9,10);. The Kier molecular flexibility index (Phi) is 9.76. The van der Waals surface area contributed by atoms with Gasteiger partial charge in [0.1, 0.15) is 0 Å². The predicted octanol–water partition coefficient (Wildman–Crippen LogP) is 0.658. The molecule has 0 bridgehead atoms. The number of aliphatic carboxylic acids is 4. The van der Waals surface area contributed by atoms with E-state index >= 15 is 0 Å². The van der Waals surface area contributed by atoms with Crippen LogP contribution in [0.2, 0.25) is 8.87 Å². The fourth-order valence-electron chi connectivity index (χ4n) is 1.72. The molecule has 0 rings (SSSR count). The molecule has 8 nitrogen and oxygen atoms in total. The molecule has 0 aromatic heterocycles. The molecule has 0 aliphatic carbocycles. The van der Waals surface area contributed by atoms with Gasteiger partial charge in [0.15, 0.2) is 0 Å². The van der Waals surface area contributed by atoms with E-state index in [-0.39, 0.29) is 12.8 Å². The van der Waals surface area contributed by atoms with Crippen molar-refractivity contribution in [3.63, 3.8) is 0 Å². The predicted molar refractivity (Wildman–Crippen MR) is 71.4 cm³/mol. The number of carboxylic acid groups (broad SMARTS) is 4. The van der Waals surface area contributed by atoms with Gasteiger partial charge in [0, 0.05) is 0 Å². The minimum absolute atomic E-state index is 0.282. The topological polar surface area (TPSA) is 149 Å². The Morgan fingerprint density at radius 3 is 1.29 bits per heavy atom. The van der Waals surface area contributed by atoms with Gasteiger partial charge in [-0.2, -0.15) is 0 Å². The molecule has 0 spiro atoms. The molecule has 0 aliphatic heterocycles. The molecule has 4 N–H and O–H groups in total. The van der Waals surface area contributed by atoms with Gasteiger partial charge in [0.2, 0.25) is 0 Å². The SMILES string of the molecule is O=C(O)CC(C[CH2][Sn][CH2]CC(CC(=O)O)C(=O)O)C(=O)O. The second kappa shape index (κ2) is 10.4. The summed E-state index contributed by atoms with van der Waals surface area (Å²) in [6.45, 7) is 0. The van der Waals surface area contributed by atoms with E-state index in [2.05, 4.69) is 0 Å². The Hall–Kier alpha value is -1.32. The second-order valence-corrected chi connectivity index (χ2v) is 8.87. The molecule has 0 aliphatic rings. The molecular weight excluding hydrogens is 391 g/mol. The van der Waals surface area contributed by atoms with Gasteiger partial charge in [-0.25, -0.2) is 0 Å². The van der Waals surface area contributed by atoms with Gasteiger partial charge < -0.3 is 0 Å². The van der Waals surface area contributed by atoms with Gasteiger partial charge >= 0.3 is 131 Å². The van der Waals surface area contributed by atoms with Crippen LogP contribution in [-0.2, 0) is 19.2 Å². The van der Waals surface area contributed by atoms with Crippen LogP contribution in [0.25, 0.3) is 0 Å². The van der Waals surface area contributed by atoms with Crippen molar-refractivity contribution in [3.05, 3.63) is 0 Å². The van der Waals surface area contributed by atoms with Crippen LogP contribution in [0.1, 0.15) is 25.7 Å². The van der Waals surface area contributed by atoms with E-state index < -0.39 is 69.7 Å². The zero-order valence-electron chi connectivity index (χ0n) is 11.3. The van der Waals surface area contributed by atoms with Crippen LogP contribution in [0.4, 0.5) is 0 Å². The molecule has 0 saturated carbocycles. The number of rotatable bonds is 12. The molecule has 0 aromatic carbocycles. The summed E-state index contributed by atoms with van der Waals surface area (Å²) in [4.78, 5) is 42.7. The van der Waals surface area contributed by atoms with Crippen molar-refractivity contribution in [1.29, 1.82) is 0 Å². The van der Waals surface area contributed by atoms with E-state index in [1.54, 1.807) is 0 Å². The Morgan fingerprint density at radius 2 is 1.05 bits per heavy atom. The number of hydrogen-bond donors (Lipinski definition) is 4. The molecule has 2 radical (unpaired) electrons. The zero-order valence-corrected chi connectivity index (χ0v) is 14.2. The molecule has 0 aromatic rings. The Morgan fingerprint density at radius 1 is 0.714 bits per heavy atom. The summed E-state index contributed by atoms with van der Waals surface area (Å²) in [7, 11) is 0. The van der Waals surface area contributed by atoms with Gasteiger partial charge in [0.05, 0.1) is 0 Å². The average molecular weight is 409 g/mol. The van der Waals surface area contributed by atoms with Crippen LogP contribution < -0.4 is 0 Å². The summed E-state index contributed by atoms with van der Waals surface area (Å²) < 4.78 is 1.26. The number of carbonyl (C=O) groups is 4. The summed E-state index contributed by atoms with van der Waals surface area (Å²) in [6.07, 6.45) is -0.258.